The fourth-order valence-electron chi connectivity index (χ4n) is 2.86. The average molecular weight is 389 g/mol. The lowest BCUT2D eigenvalue weighted by Crippen LogP contribution is -2.24. The molecule has 144 valence electrons. The highest BCUT2D eigenvalue weighted by molar-refractivity contribution is 7.13. The highest BCUT2D eigenvalue weighted by atomic mass is 32.1. The molecule has 0 unspecified atom stereocenters. The number of rotatable bonds is 10. The minimum atomic E-state index is -0.237. The van der Waals surface area contributed by atoms with Crippen LogP contribution >= 0.6 is 11.5 Å². The van der Waals surface area contributed by atoms with Crippen molar-refractivity contribution in [1.82, 2.24) is 9.27 Å². The number of aromatic nitrogens is 1. The van der Waals surface area contributed by atoms with E-state index in [2.05, 4.69) is 16.3 Å². The van der Waals surface area contributed by atoms with Crippen LogP contribution in [0.2, 0.25) is 0 Å². The van der Waals surface area contributed by atoms with E-state index in [0.717, 1.165) is 59.6 Å². The third-order valence-corrected chi connectivity index (χ3v) is 5.25. The Morgan fingerprint density at radius 1 is 1.04 bits per heavy atom. The Labute approximate surface area is 163 Å². The fourth-order valence-corrected chi connectivity index (χ4v) is 3.68. The second-order valence-corrected chi connectivity index (χ2v) is 7.35. The Kier molecular flexibility index (Phi) is 7.15. The van der Waals surface area contributed by atoms with Crippen molar-refractivity contribution in [3.8, 4) is 17.0 Å². The van der Waals surface area contributed by atoms with Crippen LogP contribution in [0.5, 0.6) is 5.75 Å². The van der Waals surface area contributed by atoms with Gasteiger partial charge in [-0.05, 0) is 80.4 Å². The SMILES string of the molecule is COCCN(C)CCCCOc1ccc2c(-c3ccc(F)cc3)nsc2c1. The maximum absolute atomic E-state index is 13.1. The molecule has 0 N–H and O–H groups in total. The van der Waals surface area contributed by atoms with Crippen LogP contribution in [0.4, 0.5) is 4.39 Å². The van der Waals surface area contributed by atoms with Gasteiger partial charge in [0.2, 0.25) is 0 Å². The number of benzene rings is 2. The first kappa shape index (κ1) is 19.7. The van der Waals surface area contributed by atoms with Gasteiger partial charge >= 0.3 is 0 Å². The van der Waals surface area contributed by atoms with Crippen molar-refractivity contribution in [2.24, 2.45) is 0 Å². The molecular formula is C21H25FN2O2S. The first-order valence-corrected chi connectivity index (χ1v) is 9.90. The maximum atomic E-state index is 13.1. The van der Waals surface area contributed by atoms with E-state index in [1.165, 1.54) is 23.7 Å². The van der Waals surface area contributed by atoms with E-state index >= 15 is 0 Å². The van der Waals surface area contributed by atoms with E-state index in [-0.39, 0.29) is 5.82 Å². The molecular weight excluding hydrogens is 363 g/mol. The average Bonchev–Trinajstić information content (AvgIpc) is 3.10. The lowest BCUT2D eigenvalue weighted by Gasteiger charge is -2.15. The molecule has 0 aliphatic carbocycles. The minimum absolute atomic E-state index is 0.237. The second kappa shape index (κ2) is 9.78. The van der Waals surface area contributed by atoms with Crippen LogP contribution in [0.1, 0.15) is 12.8 Å². The van der Waals surface area contributed by atoms with Gasteiger partial charge in [0, 0.05) is 24.6 Å². The fraction of sp³-hybridized carbons (Fsp3) is 0.381. The molecule has 27 heavy (non-hydrogen) atoms. The molecule has 0 saturated heterocycles. The van der Waals surface area contributed by atoms with Crippen molar-refractivity contribution < 1.29 is 13.9 Å². The van der Waals surface area contributed by atoms with Gasteiger partial charge in [0.05, 0.1) is 23.6 Å². The summed E-state index contributed by atoms with van der Waals surface area (Å²) in [5.41, 5.74) is 1.81. The number of unbranched alkanes of at least 4 members (excludes halogenated alkanes) is 1. The van der Waals surface area contributed by atoms with Gasteiger partial charge in [-0.1, -0.05) is 0 Å². The normalized spacial score (nSPS) is 11.4. The van der Waals surface area contributed by atoms with Gasteiger partial charge in [0.1, 0.15) is 11.6 Å². The molecule has 0 radical (unpaired) electrons. The van der Waals surface area contributed by atoms with Crippen LogP contribution in [0, 0.1) is 5.82 Å². The van der Waals surface area contributed by atoms with Crippen LogP contribution in [0.3, 0.4) is 0 Å². The van der Waals surface area contributed by atoms with E-state index in [1.54, 1.807) is 19.2 Å². The second-order valence-electron chi connectivity index (χ2n) is 6.55. The molecule has 0 aliphatic heterocycles. The van der Waals surface area contributed by atoms with Crippen molar-refractivity contribution >= 4 is 21.6 Å². The molecule has 3 aromatic rings. The molecule has 1 heterocycles. The van der Waals surface area contributed by atoms with Gasteiger partial charge in [-0.3, -0.25) is 0 Å². The Morgan fingerprint density at radius 3 is 2.63 bits per heavy atom. The number of likely N-dealkylation sites (N-methyl/N-ethyl adjacent to an activating group) is 1. The topological polar surface area (TPSA) is 34.6 Å². The summed E-state index contributed by atoms with van der Waals surface area (Å²) in [6, 6.07) is 12.5. The Hall–Kier alpha value is -2.02. The Morgan fingerprint density at radius 2 is 1.85 bits per heavy atom. The molecule has 2 aromatic carbocycles. The quantitative estimate of drug-likeness (QED) is 0.466. The summed E-state index contributed by atoms with van der Waals surface area (Å²) >= 11 is 1.44. The third-order valence-electron chi connectivity index (χ3n) is 4.44. The number of hydrogen-bond acceptors (Lipinski definition) is 5. The van der Waals surface area contributed by atoms with Crippen LogP contribution in [0.15, 0.2) is 42.5 Å². The lowest BCUT2D eigenvalue weighted by molar-refractivity contribution is 0.159. The van der Waals surface area contributed by atoms with Crippen molar-refractivity contribution in [2.75, 3.05) is 40.5 Å². The van der Waals surface area contributed by atoms with Gasteiger partial charge in [0.15, 0.2) is 0 Å². The molecule has 0 aliphatic rings. The zero-order chi connectivity index (χ0) is 19.1. The summed E-state index contributed by atoms with van der Waals surface area (Å²) in [7, 11) is 3.83. The lowest BCUT2D eigenvalue weighted by atomic mass is 10.1. The Balaban J connectivity index is 1.53. The standard InChI is InChI=1S/C21H25FN2O2S/c1-24(12-14-25-2)11-3-4-13-26-18-9-10-19-20(15-18)27-23-21(19)16-5-7-17(22)8-6-16/h5-10,15H,3-4,11-14H2,1-2H3. The van der Waals surface area contributed by atoms with Crippen molar-refractivity contribution in [2.45, 2.75) is 12.8 Å². The van der Waals surface area contributed by atoms with Gasteiger partial charge in [-0.15, -0.1) is 0 Å². The first-order chi connectivity index (χ1) is 13.2. The van der Waals surface area contributed by atoms with E-state index in [4.69, 9.17) is 9.47 Å². The highest BCUT2D eigenvalue weighted by Gasteiger charge is 2.10. The number of hydrogen-bond donors (Lipinski definition) is 0. The molecule has 3 rings (SSSR count). The van der Waals surface area contributed by atoms with Crippen molar-refractivity contribution in [3.05, 3.63) is 48.3 Å². The van der Waals surface area contributed by atoms with E-state index in [9.17, 15) is 4.39 Å². The molecule has 0 bridgehead atoms. The van der Waals surface area contributed by atoms with Gasteiger partial charge in [-0.2, -0.15) is 4.37 Å². The van der Waals surface area contributed by atoms with Crippen LogP contribution < -0.4 is 4.74 Å². The Bertz CT molecular complexity index is 851. The number of fused-ring (bicyclic) bond motifs is 1. The van der Waals surface area contributed by atoms with Gasteiger partial charge < -0.3 is 14.4 Å². The number of methoxy groups -OCH3 is 1. The summed E-state index contributed by atoms with van der Waals surface area (Å²) < 4.78 is 29.7. The first-order valence-electron chi connectivity index (χ1n) is 9.13. The predicted octanol–water partition coefficient (Wildman–Crippen LogP) is 4.84. The number of ether oxygens (including phenoxy) is 2. The molecule has 0 amide bonds. The molecule has 0 spiro atoms. The van der Waals surface area contributed by atoms with Gasteiger partial charge in [0.25, 0.3) is 0 Å². The van der Waals surface area contributed by atoms with E-state index in [0.29, 0.717) is 6.61 Å². The molecule has 4 nitrogen and oxygen atoms in total. The molecule has 0 saturated carbocycles. The molecule has 6 heteroatoms. The van der Waals surface area contributed by atoms with Crippen LogP contribution in [-0.2, 0) is 4.74 Å². The maximum Gasteiger partial charge on any atom is 0.123 e. The summed E-state index contributed by atoms with van der Waals surface area (Å²) in [6.45, 7) is 3.46. The number of halogens is 1. The van der Waals surface area contributed by atoms with E-state index < -0.39 is 0 Å². The molecule has 1 aromatic heterocycles. The minimum Gasteiger partial charge on any atom is -0.494 e. The molecule has 0 atom stereocenters. The zero-order valence-electron chi connectivity index (χ0n) is 15.8. The summed E-state index contributed by atoms with van der Waals surface area (Å²) in [6.07, 6.45) is 2.11. The largest absolute Gasteiger partial charge is 0.494 e. The predicted molar refractivity (Wildman–Crippen MR) is 109 cm³/mol. The van der Waals surface area contributed by atoms with Gasteiger partial charge in [-0.25, -0.2) is 4.39 Å². The molecule has 0 fully saturated rings. The third kappa shape index (κ3) is 5.48. The smallest absolute Gasteiger partial charge is 0.123 e. The summed E-state index contributed by atoms with van der Waals surface area (Å²) in [5.74, 6) is 0.628. The zero-order valence-corrected chi connectivity index (χ0v) is 16.6. The monoisotopic (exact) mass is 388 g/mol. The van der Waals surface area contributed by atoms with Crippen molar-refractivity contribution in [3.63, 3.8) is 0 Å². The summed E-state index contributed by atoms with van der Waals surface area (Å²) in [5, 5.41) is 1.07. The van der Waals surface area contributed by atoms with Crippen LogP contribution in [-0.4, -0.2) is 49.7 Å². The van der Waals surface area contributed by atoms with E-state index in [1.807, 2.05) is 18.2 Å². The number of nitrogens with zero attached hydrogens (tertiary/aromatic N) is 2. The van der Waals surface area contributed by atoms with Crippen LogP contribution in [0.25, 0.3) is 21.3 Å². The highest BCUT2D eigenvalue weighted by Crippen LogP contribution is 2.33. The van der Waals surface area contributed by atoms with Crippen molar-refractivity contribution in [1.29, 1.82) is 0 Å². The summed E-state index contributed by atoms with van der Waals surface area (Å²) in [4.78, 5) is 2.27.